The summed E-state index contributed by atoms with van der Waals surface area (Å²) >= 11 is 4.43. The fourth-order valence-electron chi connectivity index (χ4n) is 2.55. The number of aryl methyl sites for hydroxylation is 1. The zero-order chi connectivity index (χ0) is 11.9. The van der Waals surface area contributed by atoms with Crippen molar-refractivity contribution in [3.05, 3.63) is 29.8 Å². The van der Waals surface area contributed by atoms with Crippen molar-refractivity contribution in [2.24, 2.45) is 5.41 Å². The van der Waals surface area contributed by atoms with Crippen LogP contribution in [0, 0.1) is 5.41 Å². The SMILES string of the molecule is O=C1CCc2ccccc2N1CC1(CS)CC1. The van der Waals surface area contributed by atoms with E-state index in [-0.39, 0.29) is 5.91 Å². The molecule has 1 amide bonds. The number of carbonyl (C=O) groups excluding carboxylic acids is 1. The Bertz CT molecular complexity index is 453. The number of carbonyl (C=O) groups is 1. The minimum atomic E-state index is 0.275. The second kappa shape index (κ2) is 4.05. The lowest BCUT2D eigenvalue weighted by molar-refractivity contribution is -0.119. The molecule has 1 aromatic carbocycles. The first kappa shape index (κ1) is 11.1. The van der Waals surface area contributed by atoms with Gasteiger partial charge in [-0.05, 0) is 42.1 Å². The zero-order valence-electron chi connectivity index (χ0n) is 9.85. The number of para-hydroxylation sites is 1. The largest absolute Gasteiger partial charge is 0.312 e. The number of amides is 1. The molecule has 0 N–H and O–H groups in total. The highest BCUT2D eigenvalue weighted by Gasteiger charge is 2.44. The van der Waals surface area contributed by atoms with Crippen LogP contribution in [0.2, 0.25) is 0 Å². The summed E-state index contributed by atoms with van der Waals surface area (Å²) in [5, 5.41) is 0. The lowest BCUT2D eigenvalue weighted by atomic mass is 9.99. The first-order valence-electron chi connectivity index (χ1n) is 6.23. The van der Waals surface area contributed by atoms with E-state index in [0.29, 0.717) is 11.8 Å². The molecular weight excluding hydrogens is 230 g/mol. The van der Waals surface area contributed by atoms with Crippen molar-refractivity contribution >= 4 is 24.2 Å². The highest BCUT2D eigenvalue weighted by atomic mass is 32.1. The highest BCUT2D eigenvalue weighted by Crippen LogP contribution is 2.48. The number of anilines is 1. The summed E-state index contributed by atoms with van der Waals surface area (Å²) in [6.45, 7) is 0.854. The predicted octanol–water partition coefficient (Wildman–Crippen LogP) is 2.68. The third kappa shape index (κ3) is 1.97. The van der Waals surface area contributed by atoms with E-state index in [9.17, 15) is 4.79 Å². The quantitative estimate of drug-likeness (QED) is 0.814. The van der Waals surface area contributed by atoms with Crippen LogP contribution >= 0.6 is 12.6 Å². The summed E-state index contributed by atoms with van der Waals surface area (Å²) < 4.78 is 0. The first-order valence-corrected chi connectivity index (χ1v) is 6.86. The molecule has 1 fully saturated rings. The maximum Gasteiger partial charge on any atom is 0.227 e. The molecule has 90 valence electrons. The number of rotatable bonds is 3. The molecule has 0 spiro atoms. The topological polar surface area (TPSA) is 20.3 Å². The Labute approximate surface area is 107 Å². The van der Waals surface area contributed by atoms with Gasteiger partial charge in [-0.25, -0.2) is 0 Å². The van der Waals surface area contributed by atoms with Crippen LogP contribution in [0.25, 0.3) is 0 Å². The number of hydrogen-bond donors (Lipinski definition) is 1. The van der Waals surface area contributed by atoms with Gasteiger partial charge >= 0.3 is 0 Å². The lowest BCUT2D eigenvalue weighted by Gasteiger charge is -2.32. The molecule has 1 heterocycles. The average Bonchev–Trinajstić information content (AvgIpc) is 3.14. The van der Waals surface area contributed by atoms with Crippen LogP contribution in [-0.4, -0.2) is 18.2 Å². The van der Waals surface area contributed by atoms with E-state index in [1.807, 2.05) is 11.0 Å². The van der Waals surface area contributed by atoms with Gasteiger partial charge in [0, 0.05) is 18.7 Å². The Morgan fingerprint density at radius 2 is 2.00 bits per heavy atom. The summed E-state index contributed by atoms with van der Waals surface area (Å²) in [6, 6.07) is 8.28. The molecular formula is C14H17NOS. The molecule has 1 aliphatic heterocycles. The van der Waals surface area contributed by atoms with E-state index in [0.717, 1.165) is 24.4 Å². The van der Waals surface area contributed by atoms with Gasteiger partial charge in [0.25, 0.3) is 0 Å². The molecule has 3 heteroatoms. The molecule has 3 rings (SSSR count). The van der Waals surface area contributed by atoms with E-state index < -0.39 is 0 Å². The van der Waals surface area contributed by atoms with Crippen LogP contribution in [-0.2, 0) is 11.2 Å². The van der Waals surface area contributed by atoms with Crippen molar-refractivity contribution in [2.75, 3.05) is 17.2 Å². The van der Waals surface area contributed by atoms with Gasteiger partial charge in [-0.3, -0.25) is 4.79 Å². The van der Waals surface area contributed by atoms with Gasteiger partial charge in [0.1, 0.15) is 0 Å². The molecule has 17 heavy (non-hydrogen) atoms. The summed E-state index contributed by atoms with van der Waals surface area (Å²) in [7, 11) is 0. The average molecular weight is 247 g/mol. The van der Waals surface area contributed by atoms with Crippen LogP contribution in [0.4, 0.5) is 5.69 Å². The minimum Gasteiger partial charge on any atom is -0.312 e. The van der Waals surface area contributed by atoms with E-state index in [4.69, 9.17) is 0 Å². The van der Waals surface area contributed by atoms with Crippen LogP contribution < -0.4 is 4.90 Å². The molecule has 0 atom stereocenters. The third-order valence-electron chi connectivity index (χ3n) is 3.98. The summed E-state index contributed by atoms with van der Waals surface area (Å²) in [5.74, 6) is 1.16. The van der Waals surface area contributed by atoms with Crippen molar-refractivity contribution < 1.29 is 4.79 Å². The number of benzene rings is 1. The van der Waals surface area contributed by atoms with Crippen LogP contribution in [0.5, 0.6) is 0 Å². The zero-order valence-corrected chi connectivity index (χ0v) is 10.7. The van der Waals surface area contributed by atoms with Crippen molar-refractivity contribution in [3.63, 3.8) is 0 Å². The number of nitrogens with zero attached hydrogens (tertiary/aromatic N) is 1. The van der Waals surface area contributed by atoms with Crippen LogP contribution in [0.3, 0.4) is 0 Å². The standard InChI is InChI=1S/C14H17NOS/c16-13-6-5-11-3-1-2-4-12(11)15(13)9-14(10-17)7-8-14/h1-4,17H,5-10H2. The molecule has 0 saturated heterocycles. The second-order valence-corrected chi connectivity index (χ2v) is 5.58. The second-order valence-electron chi connectivity index (χ2n) is 5.27. The molecule has 0 radical (unpaired) electrons. The van der Waals surface area contributed by atoms with Gasteiger partial charge in [0.05, 0.1) is 0 Å². The summed E-state index contributed by atoms with van der Waals surface area (Å²) in [5.41, 5.74) is 2.72. The van der Waals surface area contributed by atoms with Gasteiger partial charge < -0.3 is 4.90 Å². The van der Waals surface area contributed by atoms with Crippen molar-refractivity contribution in [3.8, 4) is 0 Å². The highest BCUT2D eigenvalue weighted by molar-refractivity contribution is 7.80. The van der Waals surface area contributed by atoms with E-state index >= 15 is 0 Å². The van der Waals surface area contributed by atoms with Crippen molar-refractivity contribution in [1.29, 1.82) is 0 Å². The van der Waals surface area contributed by atoms with Gasteiger partial charge in [-0.1, -0.05) is 18.2 Å². The van der Waals surface area contributed by atoms with E-state index in [2.05, 4.69) is 30.8 Å². The van der Waals surface area contributed by atoms with Gasteiger partial charge in [-0.15, -0.1) is 0 Å². The third-order valence-corrected chi connectivity index (χ3v) is 4.65. The first-order chi connectivity index (χ1) is 8.24. The molecule has 0 unspecified atom stereocenters. The summed E-state index contributed by atoms with van der Waals surface area (Å²) in [4.78, 5) is 14.1. The maximum atomic E-state index is 12.1. The number of hydrogen-bond acceptors (Lipinski definition) is 2. The Balaban J connectivity index is 1.90. The Morgan fingerprint density at radius 3 is 2.71 bits per heavy atom. The molecule has 1 aromatic rings. The van der Waals surface area contributed by atoms with Crippen molar-refractivity contribution in [2.45, 2.75) is 25.7 Å². The predicted molar refractivity (Wildman–Crippen MR) is 72.6 cm³/mol. The molecule has 2 aliphatic rings. The van der Waals surface area contributed by atoms with E-state index in [1.165, 1.54) is 18.4 Å². The monoisotopic (exact) mass is 247 g/mol. The van der Waals surface area contributed by atoms with Gasteiger partial charge in [0.2, 0.25) is 5.91 Å². The number of fused-ring (bicyclic) bond motifs is 1. The lowest BCUT2D eigenvalue weighted by Crippen LogP contribution is -2.39. The van der Waals surface area contributed by atoms with Crippen molar-refractivity contribution in [1.82, 2.24) is 0 Å². The molecule has 0 bridgehead atoms. The molecule has 2 nitrogen and oxygen atoms in total. The van der Waals surface area contributed by atoms with Gasteiger partial charge in [0.15, 0.2) is 0 Å². The summed E-state index contributed by atoms with van der Waals surface area (Å²) in [6.07, 6.45) is 3.96. The normalized spacial score (nSPS) is 21.2. The number of thiol groups is 1. The van der Waals surface area contributed by atoms with E-state index in [1.54, 1.807) is 0 Å². The molecule has 1 saturated carbocycles. The van der Waals surface area contributed by atoms with Crippen LogP contribution in [0.15, 0.2) is 24.3 Å². The minimum absolute atomic E-state index is 0.275. The Kier molecular flexibility index (Phi) is 2.66. The molecule has 0 aromatic heterocycles. The van der Waals surface area contributed by atoms with Gasteiger partial charge in [-0.2, -0.15) is 12.6 Å². The Hall–Kier alpha value is -0.960. The van der Waals surface area contributed by atoms with Crippen LogP contribution in [0.1, 0.15) is 24.8 Å². The fraction of sp³-hybridized carbons (Fsp3) is 0.500. The smallest absolute Gasteiger partial charge is 0.227 e. The maximum absolute atomic E-state index is 12.1. The fourth-order valence-corrected chi connectivity index (χ4v) is 2.96. The Morgan fingerprint density at radius 1 is 1.24 bits per heavy atom. The molecule has 1 aliphatic carbocycles.